The first-order valence-corrected chi connectivity index (χ1v) is 7.28. The summed E-state index contributed by atoms with van der Waals surface area (Å²) in [6, 6.07) is 0.680. The molecule has 0 amide bonds. The standard InChI is InChI=1S/C14H28N2O/c1-3-16(10-12-6-8-15-9-7-12)14(11-17-2)13-4-5-13/h12-15H,3-11H2,1-2H3. The molecule has 2 fully saturated rings. The van der Waals surface area contributed by atoms with Crippen molar-refractivity contribution in [1.82, 2.24) is 10.2 Å². The van der Waals surface area contributed by atoms with Gasteiger partial charge in [-0.2, -0.15) is 0 Å². The van der Waals surface area contributed by atoms with Crippen LogP contribution in [0.4, 0.5) is 0 Å². The molecule has 1 N–H and O–H groups in total. The molecule has 0 aromatic heterocycles. The molecule has 17 heavy (non-hydrogen) atoms. The van der Waals surface area contributed by atoms with Crippen LogP contribution in [0.25, 0.3) is 0 Å². The quantitative estimate of drug-likeness (QED) is 0.733. The van der Waals surface area contributed by atoms with Gasteiger partial charge in [-0.15, -0.1) is 0 Å². The highest BCUT2D eigenvalue weighted by Crippen LogP contribution is 2.36. The van der Waals surface area contributed by atoms with E-state index in [1.807, 2.05) is 7.11 Å². The third-order valence-corrected chi connectivity index (χ3v) is 4.33. The van der Waals surface area contributed by atoms with Gasteiger partial charge in [0.1, 0.15) is 0 Å². The van der Waals surface area contributed by atoms with Gasteiger partial charge in [0.15, 0.2) is 0 Å². The molecule has 0 aromatic carbocycles. The zero-order valence-electron chi connectivity index (χ0n) is 11.5. The Balaban J connectivity index is 1.84. The summed E-state index contributed by atoms with van der Waals surface area (Å²) < 4.78 is 5.42. The molecule has 1 aliphatic heterocycles. The van der Waals surface area contributed by atoms with Crippen LogP contribution in [0.3, 0.4) is 0 Å². The molecule has 1 saturated carbocycles. The van der Waals surface area contributed by atoms with Gasteiger partial charge in [0.05, 0.1) is 6.61 Å². The molecule has 100 valence electrons. The molecular formula is C14H28N2O. The van der Waals surface area contributed by atoms with E-state index < -0.39 is 0 Å². The van der Waals surface area contributed by atoms with Crippen molar-refractivity contribution in [3.8, 4) is 0 Å². The number of piperidine rings is 1. The second-order valence-electron chi connectivity index (χ2n) is 5.64. The Kier molecular flexibility index (Phi) is 5.26. The maximum atomic E-state index is 5.42. The summed E-state index contributed by atoms with van der Waals surface area (Å²) in [6.07, 6.45) is 5.52. The second-order valence-corrected chi connectivity index (χ2v) is 5.64. The lowest BCUT2D eigenvalue weighted by molar-refractivity contribution is 0.0664. The monoisotopic (exact) mass is 240 g/mol. The topological polar surface area (TPSA) is 24.5 Å². The van der Waals surface area contributed by atoms with Crippen molar-refractivity contribution in [2.75, 3.05) is 39.9 Å². The van der Waals surface area contributed by atoms with Crippen molar-refractivity contribution in [1.29, 1.82) is 0 Å². The van der Waals surface area contributed by atoms with Crippen LogP contribution < -0.4 is 5.32 Å². The molecule has 2 rings (SSSR count). The minimum atomic E-state index is 0.680. The summed E-state index contributed by atoms with van der Waals surface area (Å²) in [6.45, 7) is 8.09. The van der Waals surface area contributed by atoms with Crippen LogP contribution in [-0.2, 0) is 4.74 Å². The number of nitrogens with zero attached hydrogens (tertiary/aromatic N) is 1. The largest absolute Gasteiger partial charge is 0.383 e. The average Bonchev–Trinajstić information content (AvgIpc) is 3.19. The molecule has 0 spiro atoms. The molecule has 1 saturated heterocycles. The first-order valence-electron chi connectivity index (χ1n) is 7.28. The highest BCUT2D eigenvalue weighted by molar-refractivity contribution is 4.89. The van der Waals surface area contributed by atoms with Crippen LogP contribution in [-0.4, -0.2) is 50.8 Å². The molecule has 1 atom stereocenters. The zero-order chi connectivity index (χ0) is 12.1. The van der Waals surface area contributed by atoms with Crippen molar-refractivity contribution >= 4 is 0 Å². The van der Waals surface area contributed by atoms with Gasteiger partial charge in [0.25, 0.3) is 0 Å². The van der Waals surface area contributed by atoms with Crippen LogP contribution >= 0.6 is 0 Å². The van der Waals surface area contributed by atoms with Crippen molar-refractivity contribution in [3.63, 3.8) is 0 Å². The highest BCUT2D eigenvalue weighted by atomic mass is 16.5. The molecule has 3 nitrogen and oxygen atoms in total. The number of hydrogen-bond donors (Lipinski definition) is 1. The van der Waals surface area contributed by atoms with E-state index in [0.29, 0.717) is 6.04 Å². The maximum Gasteiger partial charge on any atom is 0.0620 e. The fourth-order valence-electron chi connectivity index (χ4n) is 3.09. The molecule has 3 heteroatoms. The predicted molar refractivity (Wildman–Crippen MR) is 71.2 cm³/mol. The van der Waals surface area contributed by atoms with Crippen molar-refractivity contribution in [2.24, 2.45) is 11.8 Å². The minimum Gasteiger partial charge on any atom is -0.383 e. The van der Waals surface area contributed by atoms with E-state index in [1.54, 1.807) is 0 Å². The molecule has 0 aromatic rings. The number of ether oxygens (including phenoxy) is 1. The van der Waals surface area contributed by atoms with Gasteiger partial charge < -0.3 is 10.1 Å². The van der Waals surface area contributed by atoms with Gasteiger partial charge in [0, 0.05) is 19.7 Å². The third kappa shape index (κ3) is 3.94. The van der Waals surface area contributed by atoms with Gasteiger partial charge in [-0.05, 0) is 57.2 Å². The van der Waals surface area contributed by atoms with E-state index >= 15 is 0 Å². The fraction of sp³-hybridized carbons (Fsp3) is 1.00. The molecule has 1 unspecified atom stereocenters. The number of methoxy groups -OCH3 is 1. The normalized spacial score (nSPS) is 24.2. The van der Waals surface area contributed by atoms with E-state index in [-0.39, 0.29) is 0 Å². The van der Waals surface area contributed by atoms with Crippen LogP contribution in [0.1, 0.15) is 32.6 Å². The average molecular weight is 240 g/mol. The van der Waals surface area contributed by atoms with E-state index in [1.165, 1.54) is 51.9 Å². The molecule has 0 radical (unpaired) electrons. The Labute approximate surface area is 106 Å². The lowest BCUT2D eigenvalue weighted by Gasteiger charge is -2.35. The molecule has 0 bridgehead atoms. The number of hydrogen-bond acceptors (Lipinski definition) is 3. The van der Waals surface area contributed by atoms with Crippen molar-refractivity contribution in [2.45, 2.75) is 38.6 Å². The summed E-state index contributed by atoms with van der Waals surface area (Å²) in [5.74, 6) is 1.81. The minimum absolute atomic E-state index is 0.680. The summed E-state index contributed by atoms with van der Waals surface area (Å²) in [5.41, 5.74) is 0. The van der Waals surface area contributed by atoms with Crippen LogP contribution in [0.15, 0.2) is 0 Å². The lowest BCUT2D eigenvalue weighted by atomic mass is 9.96. The van der Waals surface area contributed by atoms with Gasteiger partial charge in [-0.25, -0.2) is 0 Å². The molecular weight excluding hydrogens is 212 g/mol. The maximum absolute atomic E-state index is 5.42. The van der Waals surface area contributed by atoms with E-state index in [9.17, 15) is 0 Å². The Bertz CT molecular complexity index is 212. The van der Waals surface area contributed by atoms with Gasteiger partial charge >= 0.3 is 0 Å². The van der Waals surface area contributed by atoms with Gasteiger partial charge in [-0.1, -0.05) is 6.92 Å². The summed E-state index contributed by atoms with van der Waals surface area (Å²) >= 11 is 0. The van der Waals surface area contributed by atoms with Crippen LogP contribution in [0.2, 0.25) is 0 Å². The van der Waals surface area contributed by atoms with Crippen molar-refractivity contribution < 1.29 is 4.74 Å². The van der Waals surface area contributed by atoms with Crippen molar-refractivity contribution in [3.05, 3.63) is 0 Å². The number of likely N-dealkylation sites (N-methyl/N-ethyl adjacent to an activating group) is 1. The summed E-state index contributed by atoms with van der Waals surface area (Å²) in [4.78, 5) is 2.68. The van der Waals surface area contributed by atoms with E-state index in [4.69, 9.17) is 4.74 Å². The second kappa shape index (κ2) is 6.72. The molecule has 1 aliphatic carbocycles. The van der Waals surface area contributed by atoms with E-state index in [0.717, 1.165) is 18.4 Å². The smallest absolute Gasteiger partial charge is 0.0620 e. The van der Waals surface area contributed by atoms with Crippen LogP contribution in [0, 0.1) is 11.8 Å². The number of rotatable bonds is 7. The number of nitrogens with one attached hydrogen (secondary N) is 1. The highest BCUT2D eigenvalue weighted by Gasteiger charge is 2.35. The lowest BCUT2D eigenvalue weighted by Crippen LogP contribution is -2.44. The Morgan fingerprint density at radius 1 is 1.24 bits per heavy atom. The Morgan fingerprint density at radius 2 is 1.94 bits per heavy atom. The first-order chi connectivity index (χ1) is 8.35. The van der Waals surface area contributed by atoms with Gasteiger partial charge in [-0.3, -0.25) is 4.90 Å². The summed E-state index contributed by atoms with van der Waals surface area (Å²) in [7, 11) is 1.84. The molecule has 1 heterocycles. The van der Waals surface area contributed by atoms with E-state index in [2.05, 4.69) is 17.1 Å². The van der Waals surface area contributed by atoms with Gasteiger partial charge in [0.2, 0.25) is 0 Å². The molecule has 2 aliphatic rings. The Hall–Kier alpha value is -0.120. The predicted octanol–water partition coefficient (Wildman–Crippen LogP) is 1.73. The van der Waals surface area contributed by atoms with Crippen LogP contribution in [0.5, 0.6) is 0 Å². The Morgan fingerprint density at radius 3 is 2.47 bits per heavy atom. The SMILES string of the molecule is CCN(CC1CCNCC1)C(COC)C1CC1. The summed E-state index contributed by atoms with van der Waals surface area (Å²) in [5, 5.41) is 3.45. The fourth-order valence-corrected chi connectivity index (χ4v) is 3.09. The first kappa shape index (κ1) is 13.3. The third-order valence-electron chi connectivity index (χ3n) is 4.33. The zero-order valence-corrected chi connectivity index (χ0v) is 11.5.